The predicted molar refractivity (Wildman–Crippen MR) is 71.7 cm³/mol. The molecule has 0 aliphatic rings. The molecule has 1 aromatic carbocycles. The number of allylic oxidation sites excluding steroid dienone is 2. The number of rotatable bonds is 5. The molecule has 0 amide bonds. The maximum Gasteiger partial charge on any atom is 0.0396 e. The van der Waals surface area contributed by atoms with Crippen LogP contribution < -0.4 is 4.90 Å². The van der Waals surface area contributed by atoms with Crippen molar-refractivity contribution in [3.8, 4) is 12.3 Å². The monoisotopic (exact) mass is 213 g/mol. The molecule has 1 nitrogen and oxygen atoms in total. The van der Waals surface area contributed by atoms with Crippen molar-refractivity contribution >= 4 is 5.69 Å². The van der Waals surface area contributed by atoms with Crippen LogP contribution in [0.25, 0.3) is 0 Å². The fourth-order valence-corrected chi connectivity index (χ4v) is 1.61. The van der Waals surface area contributed by atoms with E-state index in [0.717, 1.165) is 19.3 Å². The third kappa shape index (κ3) is 3.82. The topological polar surface area (TPSA) is 3.24 Å². The SMILES string of the molecule is C#CCC/C=C/Cc1ccccc1N(C)C. The van der Waals surface area contributed by atoms with Gasteiger partial charge in [-0.25, -0.2) is 0 Å². The van der Waals surface area contributed by atoms with Gasteiger partial charge in [-0.05, 0) is 24.5 Å². The summed E-state index contributed by atoms with van der Waals surface area (Å²) in [5, 5.41) is 0. The second-order valence-electron chi connectivity index (χ2n) is 3.94. The van der Waals surface area contributed by atoms with Crippen molar-refractivity contribution < 1.29 is 0 Å². The van der Waals surface area contributed by atoms with E-state index in [4.69, 9.17) is 6.42 Å². The third-order valence-corrected chi connectivity index (χ3v) is 2.43. The second kappa shape index (κ2) is 6.74. The smallest absolute Gasteiger partial charge is 0.0396 e. The summed E-state index contributed by atoms with van der Waals surface area (Å²) >= 11 is 0. The van der Waals surface area contributed by atoms with Gasteiger partial charge in [-0.1, -0.05) is 30.4 Å². The highest BCUT2D eigenvalue weighted by Crippen LogP contribution is 2.18. The molecule has 0 unspecified atom stereocenters. The average molecular weight is 213 g/mol. The second-order valence-corrected chi connectivity index (χ2v) is 3.94. The summed E-state index contributed by atoms with van der Waals surface area (Å²) in [4.78, 5) is 2.14. The van der Waals surface area contributed by atoms with Gasteiger partial charge in [0, 0.05) is 26.2 Å². The number of hydrogen-bond donors (Lipinski definition) is 0. The Bertz CT molecular complexity index is 383. The summed E-state index contributed by atoms with van der Waals surface area (Å²) in [7, 11) is 4.14. The Labute approximate surface area is 98.8 Å². The number of para-hydroxylation sites is 1. The minimum absolute atomic E-state index is 0.825. The van der Waals surface area contributed by atoms with Gasteiger partial charge in [-0.3, -0.25) is 0 Å². The van der Waals surface area contributed by atoms with Crippen LogP contribution in [0.3, 0.4) is 0 Å². The number of hydrogen-bond acceptors (Lipinski definition) is 1. The standard InChI is InChI=1S/C15H19N/c1-4-5-6-7-8-11-14-12-9-10-13-15(14)16(2)3/h1,7-10,12-13H,5-6,11H2,2-3H3/b8-7+. The van der Waals surface area contributed by atoms with E-state index in [1.54, 1.807) is 0 Å². The van der Waals surface area contributed by atoms with E-state index in [9.17, 15) is 0 Å². The number of unbranched alkanes of at least 4 members (excludes halogenated alkanes) is 1. The molecule has 0 aromatic heterocycles. The Hall–Kier alpha value is -1.68. The van der Waals surface area contributed by atoms with Crippen molar-refractivity contribution in [2.24, 2.45) is 0 Å². The number of nitrogens with zero attached hydrogens (tertiary/aromatic N) is 1. The molecule has 0 heterocycles. The fourth-order valence-electron chi connectivity index (χ4n) is 1.61. The predicted octanol–water partition coefficient (Wildman–Crippen LogP) is 3.26. The van der Waals surface area contributed by atoms with E-state index in [1.165, 1.54) is 11.3 Å². The Morgan fingerprint density at radius 1 is 1.25 bits per heavy atom. The quantitative estimate of drug-likeness (QED) is 0.412. The minimum Gasteiger partial charge on any atom is -0.377 e. The third-order valence-electron chi connectivity index (χ3n) is 2.43. The maximum atomic E-state index is 5.20. The summed E-state index contributed by atoms with van der Waals surface area (Å²) in [6.07, 6.45) is 12.3. The summed E-state index contributed by atoms with van der Waals surface area (Å²) in [6.45, 7) is 0. The zero-order valence-corrected chi connectivity index (χ0v) is 10.1. The van der Waals surface area contributed by atoms with Gasteiger partial charge in [0.25, 0.3) is 0 Å². The van der Waals surface area contributed by atoms with Crippen molar-refractivity contribution in [1.82, 2.24) is 0 Å². The molecule has 0 saturated carbocycles. The van der Waals surface area contributed by atoms with Gasteiger partial charge in [-0.2, -0.15) is 0 Å². The zero-order valence-electron chi connectivity index (χ0n) is 10.1. The molecule has 0 aliphatic heterocycles. The number of benzene rings is 1. The van der Waals surface area contributed by atoms with Crippen molar-refractivity contribution in [3.05, 3.63) is 42.0 Å². The van der Waals surface area contributed by atoms with Gasteiger partial charge < -0.3 is 4.90 Å². The molecule has 0 fully saturated rings. The first kappa shape index (κ1) is 12.4. The highest BCUT2D eigenvalue weighted by molar-refractivity contribution is 5.53. The summed E-state index contributed by atoms with van der Waals surface area (Å²) < 4.78 is 0. The molecular formula is C15H19N. The van der Waals surface area contributed by atoms with Crippen LogP contribution in [-0.4, -0.2) is 14.1 Å². The first-order valence-electron chi connectivity index (χ1n) is 5.59. The van der Waals surface area contributed by atoms with Crippen LogP contribution >= 0.6 is 0 Å². The van der Waals surface area contributed by atoms with Gasteiger partial charge in [0.2, 0.25) is 0 Å². The van der Waals surface area contributed by atoms with Crippen LogP contribution in [-0.2, 0) is 6.42 Å². The van der Waals surface area contributed by atoms with Gasteiger partial charge in [0.1, 0.15) is 0 Å². The van der Waals surface area contributed by atoms with Gasteiger partial charge in [0.05, 0.1) is 0 Å². The molecule has 0 N–H and O–H groups in total. The zero-order chi connectivity index (χ0) is 11.8. The first-order chi connectivity index (χ1) is 7.75. The first-order valence-corrected chi connectivity index (χ1v) is 5.59. The van der Waals surface area contributed by atoms with E-state index < -0.39 is 0 Å². The van der Waals surface area contributed by atoms with E-state index in [0.29, 0.717) is 0 Å². The van der Waals surface area contributed by atoms with Gasteiger partial charge >= 0.3 is 0 Å². The van der Waals surface area contributed by atoms with Crippen molar-refractivity contribution in [2.75, 3.05) is 19.0 Å². The van der Waals surface area contributed by atoms with Crippen LogP contribution in [0.4, 0.5) is 5.69 Å². The van der Waals surface area contributed by atoms with Gasteiger partial charge in [0.15, 0.2) is 0 Å². The lowest BCUT2D eigenvalue weighted by molar-refractivity contribution is 1.06. The fraction of sp³-hybridized carbons (Fsp3) is 0.333. The van der Waals surface area contributed by atoms with Crippen molar-refractivity contribution in [2.45, 2.75) is 19.3 Å². The Kier molecular flexibility index (Phi) is 5.22. The lowest BCUT2D eigenvalue weighted by Gasteiger charge is -2.16. The lowest BCUT2D eigenvalue weighted by Crippen LogP contribution is -2.10. The molecule has 0 saturated heterocycles. The summed E-state index contributed by atoms with van der Waals surface area (Å²) in [5.41, 5.74) is 2.63. The van der Waals surface area contributed by atoms with Crippen molar-refractivity contribution in [3.63, 3.8) is 0 Å². The van der Waals surface area contributed by atoms with E-state index in [-0.39, 0.29) is 0 Å². The normalized spacial score (nSPS) is 10.3. The number of terminal acetylenes is 1. The molecule has 1 rings (SSSR count). The van der Waals surface area contributed by atoms with Crippen LogP contribution in [0.5, 0.6) is 0 Å². The summed E-state index contributed by atoms with van der Waals surface area (Å²) in [5.74, 6) is 2.64. The number of anilines is 1. The average Bonchev–Trinajstić information content (AvgIpc) is 2.29. The highest BCUT2D eigenvalue weighted by Gasteiger charge is 2.00. The molecule has 0 spiro atoms. The molecule has 0 atom stereocenters. The largest absolute Gasteiger partial charge is 0.377 e. The minimum atomic E-state index is 0.825. The van der Waals surface area contributed by atoms with Crippen LogP contribution in [0.15, 0.2) is 36.4 Å². The van der Waals surface area contributed by atoms with Crippen LogP contribution in [0, 0.1) is 12.3 Å². The Balaban J connectivity index is 2.60. The highest BCUT2D eigenvalue weighted by atomic mass is 15.1. The van der Waals surface area contributed by atoms with E-state index in [1.807, 2.05) is 0 Å². The summed E-state index contributed by atoms with van der Waals surface area (Å²) in [6, 6.07) is 8.46. The van der Waals surface area contributed by atoms with Crippen molar-refractivity contribution in [1.29, 1.82) is 0 Å². The lowest BCUT2D eigenvalue weighted by atomic mass is 10.1. The Morgan fingerprint density at radius 2 is 2.00 bits per heavy atom. The Morgan fingerprint density at radius 3 is 2.69 bits per heavy atom. The molecule has 1 aromatic rings. The molecular weight excluding hydrogens is 194 g/mol. The maximum absolute atomic E-state index is 5.20. The molecule has 0 bridgehead atoms. The molecule has 84 valence electrons. The van der Waals surface area contributed by atoms with Crippen LogP contribution in [0.2, 0.25) is 0 Å². The molecule has 0 aliphatic carbocycles. The van der Waals surface area contributed by atoms with Gasteiger partial charge in [-0.15, -0.1) is 12.3 Å². The van der Waals surface area contributed by atoms with Crippen LogP contribution in [0.1, 0.15) is 18.4 Å². The molecule has 16 heavy (non-hydrogen) atoms. The van der Waals surface area contributed by atoms with E-state index in [2.05, 4.69) is 61.3 Å². The molecule has 0 radical (unpaired) electrons. The van der Waals surface area contributed by atoms with E-state index >= 15 is 0 Å². The molecule has 1 heteroatoms.